The molecule has 3 N–H and O–H groups in total. The Morgan fingerprint density at radius 3 is 2.68 bits per heavy atom. The van der Waals surface area contributed by atoms with E-state index in [1.807, 2.05) is 19.9 Å². The van der Waals surface area contributed by atoms with E-state index in [2.05, 4.69) is 23.1 Å². The zero-order valence-corrected chi connectivity index (χ0v) is 27.3. The summed E-state index contributed by atoms with van der Waals surface area (Å²) in [6.07, 6.45) is 8.07. The standard InChI is InChI=1S/C34H43ClN2O6S/c1-33(2,20-44(36,40)41)25-13-24(14-25)31(42-3)27-9-6-23(27)17-37-18-34(12-4-5-21-15-26(35)8-10-28(21)34)19-43-30-11-7-22(32(38)39)16-29(30)37/h7-8,10-11,13,15-16,23,25,27,31H,4-6,9,12,14,17-20H2,1-3H3,(H,38,39)(H2,36,40,41)/t23-,25-,27+,31+,34-/m0/s1. The summed E-state index contributed by atoms with van der Waals surface area (Å²) in [6.45, 7) is 5.93. The minimum absolute atomic E-state index is 0.0326. The second kappa shape index (κ2) is 11.6. The Labute approximate surface area is 265 Å². The number of ether oxygens (including phenoxy) is 2. The fraction of sp³-hybridized carbons (Fsp3) is 0.559. The fourth-order valence-electron chi connectivity index (χ4n) is 8.17. The lowest BCUT2D eigenvalue weighted by molar-refractivity contribution is -0.00186. The largest absolute Gasteiger partial charge is 0.490 e. The lowest BCUT2D eigenvalue weighted by Gasteiger charge is -2.49. The Bertz CT molecular complexity index is 1590. The van der Waals surface area contributed by atoms with E-state index >= 15 is 0 Å². The summed E-state index contributed by atoms with van der Waals surface area (Å²) in [5, 5.41) is 15.9. The third-order valence-corrected chi connectivity index (χ3v) is 12.1. The monoisotopic (exact) mass is 642 g/mol. The molecule has 5 atom stereocenters. The second-order valence-electron chi connectivity index (χ2n) is 14.1. The van der Waals surface area contributed by atoms with E-state index in [4.69, 9.17) is 26.2 Å². The smallest absolute Gasteiger partial charge is 0.335 e. The summed E-state index contributed by atoms with van der Waals surface area (Å²) in [7, 11) is -1.81. The maximum atomic E-state index is 12.0. The molecule has 8 nitrogen and oxygen atoms in total. The second-order valence-corrected chi connectivity index (χ2v) is 16.1. The molecule has 1 aliphatic heterocycles. The number of fused-ring (bicyclic) bond motifs is 3. The molecule has 2 aromatic rings. The Kier molecular flexibility index (Phi) is 8.31. The van der Waals surface area contributed by atoms with Crippen LogP contribution < -0.4 is 14.8 Å². The van der Waals surface area contributed by atoms with Gasteiger partial charge in [-0.15, -0.1) is 0 Å². The molecule has 10 heteroatoms. The molecule has 4 aliphatic rings. The van der Waals surface area contributed by atoms with E-state index in [-0.39, 0.29) is 28.8 Å². The van der Waals surface area contributed by atoms with Gasteiger partial charge in [0.15, 0.2) is 0 Å². The SMILES string of the molecule is CO[C@H](C1=C[C@H](C(C)(C)CS(N)(=O)=O)C1)[C@@H]1CC[C@H]1CN1C[C@@]2(CCCc3cc(Cl)ccc32)COc2ccc(C(=O)O)cc21. The van der Waals surface area contributed by atoms with Crippen molar-refractivity contribution in [1.29, 1.82) is 0 Å². The number of carboxylic acids is 1. The first kappa shape index (κ1) is 31.4. The number of anilines is 1. The highest BCUT2D eigenvalue weighted by Crippen LogP contribution is 2.50. The number of primary sulfonamides is 1. The Hall–Kier alpha value is -2.59. The molecule has 2 aromatic carbocycles. The first-order valence-corrected chi connectivity index (χ1v) is 17.7. The zero-order valence-electron chi connectivity index (χ0n) is 25.7. The maximum absolute atomic E-state index is 12.0. The molecule has 238 valence electrons. The molecule has 0 bridgehead atoms. The first-order valence-electron chi connectivity index (χ1n) is 15.6. The molecule has 6 rings (SSSR count). The Balaban J connectivity index is 1.28. The molecule has 0 unspecified atom stereocenters. The van der Waals surface area contributed by atoms with Crippen LogP contribution >= 0.6 is 11.6 Å². The predicted molar refractivity (Wildman–Crippen MR) is 172 cm³/mol. The van der Waals surface area contributed by atoms with E-state index in [0.717, 1.165) is 62.3 Å². The van der Waals surface area contributed by atoms with Gasteiger partial charge in [0.1, 0.15) is 5.75 Å². The van der Waals surface area contributed by atoms with Gasteiger partial charge >= 0.3 is 5.97 Å². The van der Waals surface area contributed by atoms with Crippen molar-refractivity contribution in [2.24, 2.45) is 28.3 Å². The van der Waals surface area contributed by atoms with Crippen LogP contribution in [0.1, 0.15) is 67.4 Å². The summed E-state index contributed by atoms with van der Waals surface area (Å²) in [5.74, 6) is 0.510. The highest BCUT2D eigenvalue weighted by molar-refractivity contribution is 7.89. The normalized spacial score (nSPS) is 27.2. The molecule has 0 saturated heterocycles. The molecule has 0 amide bonds. The number of rotatable bonds is 9. The van der Waals surface area contributed by atoms with Crippen molar-refractivity contribution in [2.45, 2.75) is 63.9 Å². The lowest BCUT2D eigenvalue weighted by atomic mass is 9.62. The highest BCUT2D eigenvalue weighted by Gasteiger charge is 2.47. The summed E-state index contributed by atoms with van der Waals surface area (Å²) in [5.41, 5.74) is 4.17. The van der Waals surface area contributed by atoms with E-state index in [0.29, 0.717) is 24.2 Å². The van der Waals surface area contributed by atoms with Gasteiger partial charge in [0, 0.05) is 30.6 Å². The number of aromatic carboxylic acids is 1. The number of allylic oxidation sites excluding steroid dienone is 1. The van der Waals surface area contributed by atoms with Crippen molar-refractivity contribution < 1.29 is 27.8 Å². The topological polar surface area (TPSA) is 119 Å². The van der Waals surface area contributed by atoms with Gasteiger partial charge in [-0.3, -0.25) is 0 Å². The van der Waals surface area contributed by atoms with Gasteiger partial charge in [-0.25, -0.2) is 18.4 Å². The first-order chi connectivity index (χ1) is 20.8. The molecule has 3 aliphatic carbocycles. The van der Waals surface area contributed by atoms with Gasteiger partial charge < -0.3 is 19.5 Å². The maximum Gasteiger partial charge on any atom is 0.335 e. The molecule has 0 radical (unpaired) electrons. The minimum atomic E-state index is -3.57. The zero-order chi connectivity index (χ0) is 31.4. The number of nitrogens with zero attached hydrogens (tertiary/aromatic N) is 1. The number of aryl methyl sites for hydroxylation is 1. The number of hydrogen-bond acceptors (Lipinski definition) is 6. The van der Waals surface area contributed by atoms with Crippen molar-refractivity contribution in [2.75, 3.05) is 37.5 Å². The quantitative estimate of drug-likeness (QED) is 0.331. The molecule has 1 fully saturated rings. The molecular formula is C34H43ClN2O6S. The van der Waals surface area contributed by atoms with E-state index in [1.54, 1.807) is 25.3 Å². The van der Waals surface area contributed by atoms with E-state index in [9.17, 15) is 18.3 Å². The van der Waals surface area contributed by atoms with E-state index < -0.39 is 21.4 Å². The van der Waals surface area contributed by atoms with E-state index in [1.165, 1.54) is 16.7 Å². The summed E-state index contributed by atoms with van der Waals surface area (Å²) < 4.78 is 36.2. The van der Waals surface area contributed by atoms with Crippen LogP contribution in [-0.4, -0.2) is 58.2 Å². The summed E-state index contributed by atoms with van der Waals surface area (Å²) in [6, 6.07) is 11.4. The fourth-order valence-corrected chi connectivity index (χ4v) is 9.61. The van der Waals surface area contributed by atoms with Gasteiger partial charge in [0.25, 0.3) is 0 Å². The van der Waals surface area contributed by atoms with Crippen molar-refractivity contribution in [3.63, 3.8) is 0 Å². The number of carbonyl (C=O) groups is 1. The number of methoxy groups -OCH3 is 1. The lowest BCUT2D eigenvalue weighted by Crippen LogP contribution is -2.50. The molecule has 1 spiro atoms. The molecule has 0 aromatic heterocycles. The predicted octanol–water partition coefficient (Wildman–Crippen LogP) is 5.81. The van der Waals surface area contributed by atoms with Gasteiger partial charge in [-0.05, 0) is 109 Å². The van der Waals surface area contributed by atoms with Crippen LogP contribution in [-0.2, 0) is 26.6 Å². The van der Waals surface area contributed by atoms with Crippen LogP contribution in [0, 0.1) is 23.2 Å². The average Bonchev–Trinajstić information content (AvgIpc) is 3.05. The van der Waals surface area contributed by atoms with Crippen molar-refractivity contribution in [1.82, 2.24) is 0 Å². The third kappa shape index (κ3) is 6.00. The molecule has 1 heterocycles. The van der Waals surface area contributed by atoms with Crippen LogP contribution in [0.4, 0.5) is 5.69 Å². The van der Waals surface area contributed by atoms with Crippen molar-refractivity contribution in [3.05, 3.63) is 69.8 Å². The van der Waals surface area contributed by atoms with Crippen molar-refractivity contribution >= 4 is 33.3 Å². The summed E-state index contributed by atoms with van der Waals surface area (Å²) in [4.78, 5) is 14.4. The number of hydrogen-bond donors (Lipinski definition) is 2. The highest BCUT2D eigenvalue weighted by atomic mass is 35.5. The number of sulfonamides is 1. The van der Waals surface area contributed by atoms with Crippen LogP contribution in [0.3, 0.4) is 0 Å². The third-order valence-electron chi connectivity index (χ3n) is 10.7. The van der Waals surface area contributed by atoms with Gasteiger partial charge in [0.2, 0.25) is 10.0 Å². The number of carboxylic acid groups (broad SMARTS) is 1. The van der Waals surface area contributed by atoms with Gasteiger partial charge in [0.05, 0.1) is 29.7 Å². The number of benzene rings is 2. The molecule has 44 heavy (non-hydrogen) atoms. The minimum Gasteiger partial charge on any atom is -0.490 e. The van der Waals surface area contributed by atoms with Gasteiger partial charge in [-0.1, -0.05) is 37.6 Å². The Morgan fingerprint density at radius 1 is 1.25 bits per heavy atom. The van der Waals surface area contributed by atoms with Crippen LogP contribution in [0.25, 0.3) is 0 Å². The number of nitrogens with two attached hydrogens (primary N) is 1. The number of halogens is 1. The molecule has 1 saturated carbocycles. The Morgan fingerprint density at radius 2 is 2.02 bits per heavy atom. The van der Waals surface area contributed by atoms with Crippen LogP contribution in [0.15, 0.2) is 48.0 Å². The average molecular weight is 643 g/mol. The summed E-state index contributed by atoms with van der Waals surface area (Å²) >= 11 is 6.40. The molecular weight excluding hydrogens is 600 g/mol. The van der Waals surface area contributed by atoms with Gasteiger partial charge in [-0.2, -0.15) is 0 Å². The van der Waals surface area contributed by atoms with Crippen LogP contribution in [0.5, 0.6) is 5.75 Å². The van der Waals surface area contributed by atoms with Crippen molar-refractivity contribution in [3.8, 4) is 5.75 Å². The van der Waals surface area contributed by atoms with Crippen LogP contribution in [0.2, 0.25) is 5.02 Å².